The number of methoxy groups -OCH3 is 1. The molecule has 1 heterocycles. The molecule has 0 spiro atoms. The number of ether oxygens (including phenoxy) is 2. The number of hydrogen-bond donors (Lipinski definition) is 0. The smallest absolute Gasteiger partial charge is 0.305 e. The van der Waals surface area contributed by atoms with E-state index < -0.39 is 5.82 Å². The number of nitrogens with zero attached hydrogens (tertiary/aromatic N) is 2. The summed E-state index contributed by atoms with van der Waals surface area (Å²) in [4.78, 5) is 30.6. The molecule has 2 aromatic rings. The van der Waals surface area contributed by atoms with Gasteiger partial charge in [0, 0.05) is 12.0 Å². The van der Waals surface area contributed by atoms with Gasteiger partial charge in [0.25, 0.3) is 0 Å². The molecule has 6 nitrogen and oxygen atoms in total. The van der Waals surface area contributed by atoms with Crippen molar-refractivity contribution in [2.75, 3.05) is 7.11 Å². The molecule has 0 amide bonds. The van der Waals surface area contributed by atoms with Gasteiger partial charge in [-0.15, -0.1) is 0 Å². The van der Waals surface area contributed by atoms with E-state index in [-0.39, 0.29) is 17.6 Å². The lowest BCUT2D eigenvalue weighted by Crippen LogP contribution is -2.25. The highest BCUT2D eigenvalue weighted by molar-refractivity contribution is 5.77. The summed E-state index contributed by atoms with van der Waals surface area (Å²) >= 11 is 0. The van der Waals surface area contributed by atoms with Crippen LogP contribution in [0.1, 0.15) is 42.5 Å². The molecule has 0 saturated heterocycles. The Morgan fingerprint density at radius 2 is 2.00 bits per heavy atom. The van der Waals surface area contributed by atoms with Crippen molar-refractivity contribution in [2.45, 2.75) is 38.2 Å². The Morgan fingerprint density at radius 1 is 1.22 bits per heavy atom. The van der Waals surface area contributed by atoms with Crippen LogP contribution in [0.25, 0.3) is 11.3 Å². The van der Waals surface area contributed by atoms with E-state index in [2.05, 4.69) is 9.97 Å². The van der Waals surface area contributed by atoms with Crippen LogP contribution in [0.15, 0.2) is 30.6 Å². The molecular weight excluding hydrogens is 351 g/mol. The van der Waals surface area contributed by atoms with Gasteiger partial charge >= 0.3 is 5.97 Å². The number of esters is 1. The summed E-state index contributed by atoms with van der Waals surface area (Å²) in [5, 5.41) is 0. The number of aromatic nitrogens is 2. The van der Waals surface area contributed by atoms with Gasteiger partial charge in [-0.1, -0.05) is 6.07 Å². The third-order valence-electron chi connectivity index (χ3n) is 4.82. The summed E-state index contributed by atoms with van der Waals surface area (Å²) in [7, 11) is 1.41. The summed E-state index contributed by atoms with van der Waals surface area (Å²) in [6.45, 7) is 0. The van der Waals surface area contributed by atoms with Crippen LogP contribution in [-0.4, -0.2) is 35.4 Å². The first-order valence-corrected chi connectivity index (χ1v) is 8.89. The normalized spacial score (nSPS) is 19.3. The van der Waals surface area contributed by atoms with E-state index in [1.807, 2.05) is 0 Å². The summed E-state index contributed by atoms with van der Waals surface area (Å²) < 4.78 is 24.3. The Balaban J connectivity index is 1.56. The molecule has 1 aliphatic rings. The fourth-order valence-corrected chi connectivity index (χ4v) is 3.25. The highest BCUT2D eigenvalue weighted by Gasteiger charge is 2.24. The zero-order chi connectivity index (χ0) is 19.2. The van der Waals surface area contributed by atoms with Crippen molar-refractivity contribution in [3.8, 4) is 17.1 Å². The molecule has 0 atom stereocenters. The van der Waals surface area contributed by atoms with Crippen molar-refractivity contribution < 1.29 is 23.5 Å². The highest BCUT2D eigenvalue weighted by Crippen LogP contribution is 2.29. The second-order valence-electron chi connectivity index (χ2n) is 6.63. The molecular formula is C20H21FN2O4. The molecule has 1 saturated carbocycles. The molecule has 1 aromatic carbocycles. The molecule has 0 unspecified atom stereocenters. The topological polar surface area (TPSA) is 78.4 Å². The van der Waals surface area contributed by atoms with Crippen molar-refractivity contribution in [2.24, 2.45) is 5.92 Å². The van der Waals surface area contributed by atoms with Gasteiger partial charge in [-0.3, -0.25) is 9.59 Å². The Bertz CT molecular complexity index is 802. The lowest BCUT2D eigenvalue weighted by Gasteiger charge is -2.27. The maximum Gasteiger partial charge on any atom is 0.305 e. The summed E-state index contributed by atoms with van der Waals surface area (Å²) in [6.07, 6.45) is 7.53. The van der Waals surface area contributed by atoms with Crippen molar-refractivity contribution in [1.29, 1.82) is 0 Å². The first-order valence-electron chi connectivity index (χ1n) is 8.89. The van der Waals surface area contributed by atoms with Gasteiger partial charge < -0.3 is 9.47 Å². The Hall–Kier alpha value is -2.83. The Labute approximate surface area is 156 Å². The van der Waals surface area contributed by atoms with Crippen molar-refractivity contribution in [3.05, 3.63) is 42.0 Å². The number of benzene rings is 1. The predicted octanol–water partition coefficient (Wildman–Crippen LogP) is 3.60. The third-order valence-corrected chi connectivity index (χ3v) is 4.82. The summed E-state index contributed by atoms with van der Waals surface area (Å²) in [6, 6.07) is 4.30. The SMILES string of the molecule is COC(=O)C[C@H]1CC[C@@H](Oc2cnc(-c3ccc(C=O)c(F)c3)cn2)CC1. The van der Waals surface area contributed by atoms with Crippen LogP contribution in [0.4, 0.5) is 4.39 Å². The van der Waals surface area contributed by atoms with Gasteiger partial charge in [-0.25, -0.2) is 14.4 Å². The van der Waals surface area contributed by atoms with Gasteiger partial charge in [0.15, 0.2) is 6.29 Å². The third kappa shape index (κ3) is 4.87. The van der Waals surface area contributed by atoms with Crippen LogP contribution in [0.3, 0.4) is 0 Å². The first kappa shape index (κ1) is 18.9. The van der Waals surface area contributed by atoms with Crippen molar-refractivity contribution in [3.63, 3.8) is 0 Å². The number of halogens is 1. The van der Waals surface area contributed by atoms with Crippen molar-refractivity contribution in [1.82, 2.24) is 9.97 Å². The molecule has 0 bridgehead atoms. The van der Waals surface area contributed by atoms with E-state index in [9.17, 15) is 14.0 Å². The fraction of sp³-hybridized carbons (Fsp3) is 0.400. The van der Waals surface area contributed by atoms with Crippen molar-refractivity contribution >= 4 is 12.3 Å². The second kappa shape index (κ2) is 8.70. The van der Waals surface area contributed by atoms with E-state index in [0.717, 1.165) is 25.7 Å². The lowest BCUT2D eigenvalue weighted by molar-refractivity contribution is -0.142. The number of carbonyl (C=O) groups excluding carboxylic acids is 2. The van der Waals surface area contributed by atoms with Gasteiger partial charge in [-0.2, -0.15) is 0 Å². The van der Waals surface area contributed by atoms with E-state index in [0.29, 0.717) is 35.8 Å². The van der Waals surface area contributed by atoms with Gasteiger partial charge in [0.1, 0.15) is 11.9 Å². The quantitative estimate of drug-likeness (QED) is 0.569. The molecule has 27 heavy (non-hydrogen) atoms. The maximum absolute atomic E-state index is 13.7. The number of carbonyl (C=O) groups is 2. The molecule has 0 N–H and O–H groups in total. The number of aldehydes is 1. The molecule has 1 aromatic heterocycles. The van der Waals surface area contributed by atoms with Crippen LogP contribution < -0.4 is 4.74 Å². The monoisotopic (exact) mass is 372 g/mol. The molecule has 7 heteroatoms. The standard InChI is InChI=1S/C20H21FN2O4/c1-26-20(25)8-13-2-6-16(7-3-13)27-19-11-22-18(10-23-19)14-4-5-15(12-24)17(21)9-14/h4-5,9-13,16H,2-3,6-8H2,1H3/t13-,16+. The number of hydrogen-bond acceptors (Lipinski definition) is 6. The molecule has 1 aliphatic carbocycles. The Morgan fingerprint density at radius 3 is 2.59 bits per heavy atom. The van der Waals surface area contributed by atoms with Crippen LogP contribution in [0, 0.1) is 11.7 Å². The van der Waals surface area contributed by atoms with Gasteiger partial charge in [0.2, 0.25) is 5.88 Å². The van der Waals surface area contributed by atoms with E-state index >= 15 is 0 Å². The van der Waals surface area contributed by atoms with Gasteiger partial charge in [0.05, 0.1) is 30.8 Å². The average Bonchev–Trinajstić information content (AvgIpc) is 2.70. The van der Waals surface area contributed by atoms with Crippen LogP contribution >= 0.6 is 0 Å². The summed E-state index contributed by atoms with van der Waals surface area (Å²) in [5.41, 5.74) is 1.05. The highest BCUT2D eigenvalue weighted by atomic mass is 19.1. The van der Waals surface area contributed by atoms with Crippen LogP contribution in [0.2, 0.25) is 0 Å². The first-order chi connectivity index (χ1) is 13.1. The fourth-order valence-electron chi connectivity index (χ4n) is 3.25. The Kier molecular flexibility index (Phi) is 6.11. The maximum atomic E-state index is 13.7. The summed E-state index contributed by atoms with van der Waals surface area (Å²) in [5.74, 6) is 0.00178. The minimum Gasteiger partial charge on any atom is -0.473 e. The molecule has 0 aliphatic heterocycles. The molecule has 0 radical (unpaired) electrons. The van der Waals surface area contributed by atoms with Crippen LogP contribution in [-0.2, 0) is 9.53 Å². The molecule has 3 rings (SSSR count). The molecule has 142 valence electrons. The minimum absolute atomic E-state index is 0.00876. The zero-order valence-electron chi connectivity index (χ0n) is 15.1. The zero-order valence-corrected chi connectivity index (χ0v) is 15.1. The molecule has 1 fully saturated rings. The van der Waals surface area contributed by atoms with E-state index in [4.69, 9.17) is 9.47 Å². The average molecular weight is 372 g/mol. The number of rotatable bonds is 6. The largest absolute Gasteiger partial charge is 0.473 e. The van der Waals surface area contributed by atoms with Gasteiger partial charge in [-0.05, 0) is 43.7 Å². The van der Waals surface area contributed by atoms with Crippen LogP contribution in [0.5, 0.6) is 5.88 Å². The predicted molar refractivity (Wildman–Crippen MR) is 95.8 cm³/mol. The van der Waals surface area contributed by atoms with E-state index in [1.54, 1.807) is 6.07 Å². The second-order valence-corrected chi connectivity index (χ2v) is 6.63. The minimum atomic E-state index is -0.589. The lowest BCUT2D eigenvalue weighted by atomic mass is 9.85. The van der Waals surface area contributed by atoms with E-state index in [1.165, 1.54) is 31.6 Å².